The van der Waals surface area contributed by atoms with Gasteiger partial charge in [-0.05, 0) is 93.3 Å². The fourth-order valence-corrected chi connectivity index (χ4v) is 7.39. The Morgan fingerprint density at radius 2 is 0.596 bits per heavy atom. The van der Waals surface area contributed by atoms with E-state index in [4.69, 9.17) is 0 Å². The molecule has 0 heterocycles. The predicted molar refractivity (Wildman–Crippen MR) is 222 cm³/mol. The summed E-state index contributed by atoms with van der Waals surface area (Å²) in [5.74, 6) is 0. The van der Waals surface area contributed by atoms with E-state index in [1.165, 1.54) is 43.8 Å². The lowest BCUT2D eigenvalue weighted by molar-refractivity contribution is 1.29. The second-order valence-electron chi connectivity index (χ2n) is 13.0. The lowest BCUT2D eigenvalue weighted by Gasteiger charge is -2.28. The van der Waals surface area contributed by atoms with E-state index in [0.29, 0.717) is 0 Å². The smallest absolute Gasteiger partial charge is 0.0540 e. The van der Waals surface area contributed by atoms with Crippen LogP contribution in [0.5, 0.6) is 0 Å². The second-order valence-corrected chi connectivity index (χ2v) is 13.0. The van der Waals surface area contributed by atoms with Crippen molar-refractivity contribution in [2.45, 2.75) is 0 Å². The van der Waals surface area contributed by atoms with Crippen LogP contribution in [-0.2, 0) is 0 Å². The molecule has 0 spiro atoms. The highest BCUT2D eigenvalue weighted by Crippen LogP contribution is 2.44. The summed E-state index contributed by atoms with van der Waals surface area (Å²) in [7, 11) is 0. The molecule has 9 rings (SSSR count). The van der Waals surface area contributed by atoms with Gasteiger partial charge in [-0.2, -0.15) is 0 Å². The van der Waals surface area contributed by atoms with Crippen molar-refractivity contribution in [3.05, 3.63) is 218 Å². The van der Waals surface area contributed by atoms with Crippen molar-refractivity contribution in [3.8, 4) is 22.3 Å². The number of para-hydroxylation sites is 4. The lowest BCUT2D eigenvalue weighted by Crippen LogP contribution is -2.11. The molecular weight excluding hydrogens is 629 g/mol. The lowest BCUT2D eigenvalue weighted by atomic mass is 9.98. The van der Waals surface area contributed by atoms with Crippen molar-refractivity contribution in [3.63, 3.8) is 0 Å². The van der Waals surface area contributed by atoms with Crippen molar-refractivity contribution >= 4 is 55.7 Å². The summed E-state index contributed by atoms with van der Waals surface area (Å²) in [6, 6.07) is 78.2. The average Bonchev–Trinajstić information content (AvgIpc) is 3.23. The molecule has 0 atom stereocenters. The van der Waals surface area contributed by atoms with E-state index in [9.17, 15) is 0 Å². The topological polar surface area (TPSA) is 6.48 Å². The zero-order chi connectivity index (χ0) is 34.7. The number of benzene rings is 9. The maximum atomic E-state index is 2.37. The van der Waals surface area contributed by atoms with Crippen molar-refractivity contribution in [2.75, 3.05) is 9.80 Å². The fraction of sp³-hybridized carbons (Fsp3) is 0. The number of anilines is 6. The summed E-state index contributed by atoms with van der Waals surface area (Å²) < 4.78 is 0. The zero-order valence-corrected chi connectivity index (χ0v) is 28.7. The van der Waals surface area contributed by atoms with Gasteiger partial charge >= 0.3 is 0 Å². The first-order valence-corrected chi connectivity index (χ1v) is 17.8. The predicted octanol–water partition coefficient (Wildman–Crippen LogP) is 14.3. The van der Waals surface area contributed by atoms with Crippen molar-refractivity contribution < 1.29 is 0 Å². The highest BCUT2D eigenvalue weighted by molar-refractivity contribution is 6.10. The Balaban J connectivity index is 1.16. The van der Waals surface area contributed by atoms with Crippen LogP contribution in [0.3, 0.4) is 0 Å². The molecule has 9 aromatic carbocycles. The van der Waals surface area contributed by atoms with Crippen LogP contribution in [0.1, 0.15) is 0 Å². The molecule has 0 aliphatic rings. The molecular formula is C50H36N2. The normalized spacial score (nSPS) is 11.1. The largest absolute Gasteiger partial charge is 0.310 e. The summed E-state index contributed by atoms with van der Waals surface area (Å²) in [4.78, 5) is 4.74. The van der Waals surface area contributed by atoms with Gasteiger partial charge < -0.3 is 9.80 Å². The van der Waals surface area contributed by atoms with Crippen LogP contribution in [0.15, 0.2) is 218 Å². The Hall–Kier alpha value is -6.90. The van der Waals surface area contributed by atoms with E-state index in [2.05, 4.69) is 228 Å². The minimum absolute atomic E-state index is 1.12. The molecule has 9 aromatic rings. The quantitative estimate of drug-likeness (QED) is 0.149. The van der Waals surface area contributed by atoms with Gasteiger partial charge in [0.15, 0.2) is 0 Å². The maximum absolute atomic E-state index is 2.37. The second kappa shape index (κ2) is 13.8. The van der Waals surface area contributed by atoms with Crippen LogP contribution < -0.4 is 9.80 Å². The number of hydrogen-bond acceptors (Lipinski definition) is 2. The Morgan fingerprint density at radius 3 is 1.00 bits per heavy atom. The molecule has 0 saturated heterocycles. The van der Waals surface area contributed by atoms with E-state index in [1.807, 2.05) is 0 Å². The van der Waals surface area contributed by atoms with E-state index in [1.54, 1.807) is 0 Å². The monoisotopic (exact) mass is 664 g/mol. The van der Waals surface area contributed by atoms with Crippen LogP contribution in [0.25, 0.3) is 43.8 Å². The van der Waals surface area contributed by atoms with Gasteiger partial charge in [0.25, 0.3) is 0 Å². The Morgan fingerprint density at radius 1 is 0.250 bits per heavy atom. The van der Waals surface area contributed by atoms with Gasteiger partial charge in [0.05, 0.1) is 11.4 Å². The summed E-state index contributed by atoms with van der Waals surface area (Å²) in [5.41, 5.74) is 11.5. The van der Waals surface area contributed by atoms with Gasteiger partial charge in [0.1, 0.15) is 0 Å². The number of nitrogens with zero attached hydrogens (tertiary/aromatic N) is 2. The standard InChI is InChI=1S/C50H36N2/c1-5-17-37(18-6-1)47-25-13-15-27-49(47)51(41-21-9-3-10-22-41)43-31-33-45-39(35-43)29-30-40-36-44(32-34-46(40)45)52(42-23-11-4-12-24-42)50-28-16-14-26-48(50)38-19-7-2-8-20-38/h1-36H. The molecule has 0 amide bonds. The van der Waals surface area contributed by atoms with Crippen molar-refractivity contribution in [1.29, 1.82) is 0 Å². The number of fused-ring (bicyclic) bond motifs is 3. The maximum Gasteiger partial charge on any atom is 0.0540 e. The van der Waals surface area contributed by atoms with E-state index >= 15 is 0 Å². The van der Waals surface area contributed by atoms with Gasteiger partial charge in [0.2, 0.25) is 0 Å². The number of rotatable bonds is 8. The van der Waals surface area contributed by atoms with Crippen LogP contribution in [0, 0.1) is 0 Å². The molecule has 2 heteroatoms. The first-order chi connectivity index (χ1) is 25.8. The molecule has 0 aliphatic heterocycles. The summed E-state index contributed by atoms with van der Waals surface area (Å²) >= 11 is 0. The highest BCUT2D eigenvalue weighted by atomic mass is 15.1. The zero-order valence-electron chi connectivity index (χ0n) is 28.7. The third-order valence-corrected chi connectivity index (χ3v) is 9.81. The van der Waals surface area contributed by atoms with Crippen LogP contribution >= 0.6 is 0 Å². The minimum Gasteiger partial charge on any atom is -0.310 e. The summed E-state index contributed by atoms with van der Waals surface area (Å²) in [6.45, 7) is 0. The minimum atomic E-state index is 1.12. The van der Waals surface area contributed by atoms with Crippen LogP contribution in [0.2, 0.25) is 0 Å². The van der Waals surface area contributed by atoms with E-state index in [-0.39, 0.29) is 0 Å². The molecule has 0 aromatic heterocycles. The molecule has 2 nitrogen and oxygen atoms in total. The van der Waals surface area contributed by atoms with Gasteiger partial charge in [-0.1, -0.05) is 158 Å². The Bertz CT molecular complexity index is 2430. The first kappa shape index (κ1) is 31.1. The number of hydrogen-bond donors (Lipinski definition) is 0. The van der Waals surface area contributed by atoms with Gasteiger partial charge in [-0.3, -0.25) is 0 Å². The van der Waals surface area contributed by atoms with Gasteiger partial charge in [0, 0.05) is 33.9 Å². The average molecular weight is 665 g/mol. The van der Waals surface area contributed by atoms with Gasteiger partial charge in [-0.15, -0.1) is 0 Å². The molecule has 0 radical (unpaired) electrons. The molecule has 246 valence electrons. The van der Waals surface area contributed by atoms with Gasteiger partial charge in [-0.25, -0.2) is 0 Å². The molecule has 0 N–H and O–H groups in total. The Labute approximate surface area is 305 Å². The van der Waals surface area contributed by atoms with E-state index < -0.39 is 0 Å². The first-order valence-electron chi connectivity index (χ1n) is 17.8. The van der Waals surface area contributed by atoms with Crippen molar-refractivity contribution in [2.24, 2.45) is 0 Å². The van der Waals surface area contributed by atoms with E-state index in [0.717, 1.165) is 34.1 Å². The fourth-order valence-electron chi connectivity index (χ4n) is 7.39. The third-order valence-electron chi connectivity index (χ3n) is 9.81. The molecule has 52 heavy (non-hydrogen) atoms. The molecule has 0 bridgehead atoms. The van der Waals surface area contributed by atoms with Crippen molar-refractivity contribution in [1.82, 2.24) is 0 Å². The summed E-state index contributed by atoms with van der Waals surface area (Å²) in [5, 5.41) is 4.86. The molecule has 0 unspecified atom stereocenters. The van der Waals surface area contributed by atoms with Crippen LogP contribution in [0.4, 0.5) is 34.1 Å². The molecule has 0 aliphatic carbocycles. The van der Waals surface area contributed by atoms with Crippen LogP contribution in [-0.4, -0.2) is 0 Å². The Kier molecular flexibility index (Phi) is 8.24. The summed E-state index contributed by atoms with van der Waals surface area (Å²) in [6.07, 6.45) is 0. The third kappa shape index (κ3) is 5.87. The SMILES string of the molecule is c1ccc(-c2ccccc2N(c2ccccc2)c2ccc3c(ccc4cc(N(c5ccccc5)c5ccccc5-c5ccccc5)ccc43)c2)cc1. The molecule has 0 saturated carbocycles. The highest BCUT2D eigenvalue weighted by Gasteiger charge is 2.19. The molecule has 0 fully saturated rings.